The van der Waals surface area contributed by atoms with Gasteiger partial charge in [0.1, 0.15) is 16.4 Å². The van der Waals surface area contributed by atoms with E-state index in [1.807, 2.05) is 37.3 Å². The van der Waals surface area contributed by atoms with Crippen LogP contribution in [-0.2, 0) is 29.3 Å². The third kappa shape index (κ3) is 2.03. The van der Waals surface area contributed by atoms with Crippen LogP contribution < -0.4 is 13.8 Å². The van der Waals surface area contributed by atoms with Crippen LogP contribution in [0, 0.1) is 0 Å². The van der Waals surface area contributed by atoms with E-state index in [1.54, 1.807) is 4.31 Å². The molecule has 0 saturated carbocycles. The molecule has 5 rings (SSSR count). The number of anilines is 1. The Balaban J connectivity index is 1.75. The molecule has 25 heavy (non-hydrogen) atoms. The van der Waals surface area contributed by atoms with Crippen molar-refractivity contribution in [3.63, 3.8) is 0 Å². The molecular formula is C19H19NO4S. The van der Waals surface area contributed by atoms with Gasteiger partial charge < -0.3 is 9.47 Å². The van der Waals surface area contributed by atoms with Gasteiger partial charge in [0.2, 0.25) is 0 Å². The molecule has 0 N–H and O–H groups in total. The van der Waals surface area contributed by atoms with Crippen LogP contribution in [0.15, 0.2) is 35.2 Å². The van der Waals surface area contributed by atoms with Crippen LogP contribution in [0.5, 0.6) is 11.5 Å². The minimum atomic E-state index is -3.72. The van der Waals surface area contributed by atoms with Crippen LogP contribution >= 0.6 is 0 Å². The van der Waals surface area contributed by atoms with E-state index in [9.17, 15) is 8.42 Å². The van der Waals surface area contributed by atoms with Gasteiger partial charge in [0.05, 0.1) is 18.9 Å². The lowest BCUT2D eigenvalue weighted by molar-refractivity contribution is 0.348. The van der Waals surface area contributed by atoms with Crippen molar-refractivity contribution < 1.29 is 17.9 Å². The molecular weight excluding hydrogens is 338 g/mol. The van der Waals surface area contributed by atoms with Gasteiger partial charge >= 0.3 is 0 Å². The Kier molecular flexibility index (Phi) is 3.10. The highest BCUT2D eigenvalue weighted by Gasteiger charge is 2.41. The van der Waals surface area contributed by atoms with Gasteiger partial charge in [-0.05, 0) is 31.0 Å². The number of hydrogen-bond donors (Lipinski definition) is 0. The molecule has 0 bridgehead atoms. The van der Waals surface area contributed by atoms with Crippen molar-refractivity contribution in [2.45, 2.75) is 37.1 Å². The molecule has 2 aromatic carbocycles. The van der Waals surface area contributed by atoms with Gasteiger partial charge in [0, 0.05) is 30.0 Å². The molecule has 3 heterocycles. The van der Waals surface area contributed by atoms with E-state index in [0.29, 0.717) is 36.0 Å². The molecule has 1 atom stereocenters. The second-order valence-electron chi connectivity index (χ2n) is 6.85. The number of hydrogen-bond acceptors (Lipinski definition) is 4. The summed E-state index contributed by atoms with van der Waals surface area (Å²) in [5.74, 6) is 1.23. The molecule has 0 radical (unpaired) electrons. The predicted molar refractivity (Wildman–Crippen MR) is 94.1 cm³/mol. The molecule has 130 valence electrons. The van der Waals surface area contributed by atoms with Crippen LogP contribution in [0.3, 0.4) is 0 Å². The highest BCUT2D eigenvalue weighted by Crippen LogP contribution is 2.46. The molecule has 3 aliphatic heterocycles. The molecule has 0 fully saturated rings. The van der Waals surface area contributed by atoms with E-state index in [2.05, 4.69) is 0 Å². The number of sulfonamides is 1. The summed E-state index contributed by atoms with van der Waals surface area (Å²) < 4.78 is 40.4. The summed E-state index contributed by atoms with van der Waals surface area (Å²) in [5, 5.41) is 0. The van der Waals surface area contributed by atoms with Gasteiger partial charge in [0.15, 0.2) is 0 Å². The normalized spacial score (nSPS) is 20.7. The van der Waals surface area contributed by atoms with Crippen molar-refractivity contribution >= 4 is 15.7 Å². The zero-order valence-electron chi connectivity index (χ0n) is 14.0. The van der Waals surface area contributed by atoms with Crippen molar-refractivity contribution in [1.29, 1.82) is 0 Å². The summed E-state index contributed by atoms with van der Waals surface area (Å²) in [7, 11) is -3.72. The Labute approximate surface area is 147 Å². The fraction of sp³-hybridized carbons (Fsp3) is 0.368. The number of ether oxygens (including phenoxy) is 2. The first-order valence-corrected chi connectivity index (χ1v) is 10.1. The van der Waals surface area contributed by atoms with E-state index in [0.717, 1.165) is 35.2 Å². The van der Waals surface area contributed by atoms with Crippen molar-refractivity contribution in [3.05, 3.63) is 47.0 Å². The number of nitrogens with zero attached hydrogens (tertiary/aromatic N) is 1. The molecule has 0 aliphatic carbocycles. The van der Waals surface area contributed by atoms with E-state index in [-0.39, 0.29) is 6.04 Å². The first-order valence-electron chi connectivity index (χ1n) is 8.64. The Morgan fingerprint density at radius 3 is 2.76 bits per heavy atom. The van der Waals surface area contributed by atoms with Crippen LogP contribution in [0.25, 0.3) is 0 Å². The Bertz CT molecular complexity index is 951. The van der Waals surface area contributed by atoms with Gasteiger partial charge in [-0.1, -0.05) is 18.2 Å². The molecule has 0 aromatic heterocycles. The molecule has 0 saturated heterocycles. The lowest BCUT2D eigenvalue weighted by Crippen LogP contribution is -2.36. The number of fused-ring (bicyclic) bond motifs is 3. The van der Waals surface area contributed by atoms with E-state index in [4.69, 9.17) is 9.47 Å². The van der Waals surface area contributed by atoms with Gasteiger partial charge in [-0.15, -0.1) is 0 Å². The summed E-state index contributed by atoms with van der Waals surface area (Å²) in [4.78, 5) is 0.318. The second kappa shape index (κ2) is 5.14. The zero-order valence-corrected chi connectivity index (χ0v) is 14.8. The Morgan fingerprint density at radius 2 is 1.88 bits per heavy atom. The number of benzene rings is 2. The third-order valence-corrected chi connectivity index (χ3v) is 7.29. The molecule has 2 aromatic rings. The summed E-state index contributed by atoms with van der Waals surface area (Å²) in [6.45, 7) is 3.00. The Hall–Kier alpha value is -2.21. The number of para-hydroxylation sites is 1. The quantitative estimate of drug-likeness (QED) is 0.829. The van der Waals surface area contributed by atoms with E-state index < -0.39 is 10.0 Å². The van der Waals surface area contributed by atoms with Gasteiger partial charge in [-0.2, -0.15) is 0 Å². The van der Waals surface area contributed by atoms with Crippen LogP contribution in [0.1, 0.15) is 23.6 Å². The van der Waals surface area contributed by atoms with Crippen molar-refractivity contribution in [2.75, 3.05) is 17.5 Å². The average Bonchev–Trinajstić information content (AvgIpc) is 3.28. The van der Waals surface area contributed by atoms with Crippen molar-refractivity contribution in [1.82, 2.24) is 0 Å². The molecule has 5 nitrogen and oxygen atoms in total. The zero-order chi connectivity index (χ0) is 17.2. The van der Waals surface area contributed by atoms with Crippen molar-refractivity contribution in [3.8, 4) is 11.5 Å². The SMILES string of the molecule is CC1Cc2ccccc2N1S(=O)(=O)c1c2c(cc3c1OCC3)OCC2. The van der Waals surface area contributed by atoms with Crippen LogP contribution in [0.4, 0.5) is 5.69 Å². The summed E-state index contributed by atoms with van der Waals surface area (Å²) in [6, 6.07) is 9.57. The maximum Gasteiger partial charge on any atom is 0.268 e. The highest BCUT2D eigenvalue weighted by atomic mass is 32.2. The summed E-state index contributed by atoms with van der Waals surface area (Å²) in [5.41, 5.74) is 3.54. The maximum atomic E-state index is 13.7. The molecule has 1 unspecified atom stereocenters. The lowest BCUT2D eigenvalue weighted by Gasteiger charge is -2.26. The standard InChI is InChI=1S/C19H19NO4S/c1-12-10-13-4-2-3-5-16(13)20(12)25(21,22)19-15-7-9-23-17(15)11-14-6-8-24-18(14)19/h2-5,11-12H,6-10H2,1H3. The van der Waals surface area contributed by atoms with Gasteiger partial charge in [-0.3, -0.25) is 4.31 Å². The third-order valence-electron chi connectivity index (χ3n) is 5.26. The molecule has 3 aliphatic rings. The monoisotopic (exact) mass is 357 g/mol. The predicted octanol–water partition coefficient (Wildman–Crippen LogP) is 2.70. The largest absolute Gasteiger partial charge is 0.493 e. The van der Waals surface area contributed by atoms with Crippen LogP contribution in [-0.4, -0.2) is 27.7 Å². The minimum absolute atomic E-state index is 0.113. The fourth-order valence-electron chi connectivity index (χ4n) is 4.22. The minimum Gasteiger partial charge on any atom is -0.493 e. The van der Waals surface area contributed by atoms with E-state index in [1.165, 1.54) is 0 Å². The van der Waals surface area contributed by atoms with Gasteiger partial charge in [0.25, 0.3) is 10.0 Å². The first kappa shape index (κ1) is 15.1. The first-order chi connectivity index (χ1) is 12.1. The molecule has 0 amide bonds. The summed E-state index contributed by atoms with van der Waals surface area (Å²) >= 11 is 0. The van der Waals surface area contributed by atoms with Crippen LogP contribution in [0.2, 0.25) is 0 Å². The van der Waals surface area contributed by atoms with Crippen molar-refractivity contribution in [2.24, 2.45) is 0 Å². The Morgan fingerprint density at radius 1 is 1.08 bits per heavy atom. The summed E-state index contributed by atoms with van der Waals surface area (Å²) in [6.07, 6.45) is 2.05. The number of rotatable bonds is 2. The smallest absolute Gasteiger partial charge is 0.268 e. The topological polar surface area (TPSA) is 55.8 Å². The van der Waals surface area contributed by atoms with E-state index >= 15 is 0 Å². The average molecular weight is 357 g/mol. The molecule has 6 heteroatoms. The second-order valence-corrected chi connectivity index (χ2v) is 8.60. The lowest BCUT2D eigenvalue weighted by atomic mass is 10.1. The maximum absolute atomic E-state index is 13.7. The van der Waals surface area contributed by atoms with Gasteiger partial charge in [-0.25, -0.2) is 8.42 Å². The fourth-order valence-corrected chi connectivity index (χ4v) is 6.34. The molecule has 0 spiro atoms. The highest BCUT2D eigenvalue weighted by molar-refractivity contribution is 7.93.